The van der Waals surface area contributed by atoms with E-state index in [2.05, 4.69) is 33.1 Å². The maximum absolute atomic E-state index is 4.32. The van der Waals surface area contributed by atoms with Crippen molar-refractivity contribution in [3.63, 3.8) is 0 Å². The molecule has 0 spiro atoms. The summed E-state index contributed by atoms with van der Waals surface area (Å²) >= 11 is 0. The topological polar surface area (TPSA) is 46.3 Å². The van der Waals surface area contributed by atoms with E-state index in [0.29, 0.717) is 11.8 Å². The molecule has 1 fully saturated rings. The van der Waals surface area contributed by atoms with Gasteiger partial charge in [0, 0.05) is 24.8 Å². The van der Waals surface area contributed by atoms with Crippen molar-refractivity contribution in [3.8, 4) is 0 Å². The Bertz CT molecular complexity index is 499. The fourth-order valence-corrected chi connectivity index (χ4v) is 1.81. The van der Waals surface area contributed by atoms with Crippen LogP contribution < -0.4 is 4.90 Å². The van der Waals surface area contributed by atoms with Crippen LogP contribution in [0.15, 0.2) is 12.4 Å². The minimum Gasteiger partial charge on any atom is -0.356 e. The summed E-state index contributed by atoms with van der Waals surface area (Å²) in [6.45, 7) is 1.99. The van der Waals surface area contributed by atoms with Crippen LogP contribution in [0.3, 0.4) is 0 Å². The Labute approximate surface area is 87.8 Å². The molecule has 1 aliphatic rings. The zero-order valence-electron chi connectivity index (χ0n) is 8.88. The highest BCUT2D eigenvalue weighted by atomic mass is 15.4. The van der Waals surface area contributed by atoms with Crippen LogP contribution in [0.25, 0.3) is 5.78 Å². The third kappa shape index (κ3) is 1.35. The molecule has 0 radical (unpaired) electrons. The molecule has 3 rings (SSSR count). The van der Waals surface area contributed by atoms with Crippen LogP contribution in [-0.4, -0.2) is 32.7 Å². The molecule has 0 aromatic carbocycles. The first kappa shape index (κ1) is 8.64. The third-order valence-electron chi connectivity index (χ3n) is 2.82. The monoisotopic (exact) mass is 203 g/mol. The number of nitrogens with zero attached hydrogens (tertiary/aromatic N) is 5. The Kier molecular flexibility index (Phi) is 1.68. The molecule has 0 aliphatic heterocycles. The molecule has 0 unspecified atom stereocenters. The van der Waals surface area contributed by atoms with E-state index in [-0.39, 0.29) is 0 Å². The number of hydrogen-bond acceptors (Lipinski definition) is 4. The van der Waals surface area contributed by atoms with Gasteiger partial charge in [0.25, 0.3) is 5.78 Å². The zero-order chi connectivity index (χ0) is 10.4. The lowest BCUT2D eigenvalue weighted by molar-refractivity contribution is 0.824. The van der Waals surface area contributed by atoms with Crippen molar-refractivity contribution < 1.29 is 0 Å². The number of rotatable bonds is 2. The molecule has 78 valence electrons. The summed E-state index contributed by atoms with van der Waals surface area (Å²) in [6.07, 6.45) is 4.09. The quantitative estimate of drug-likeness (QED) is 0.731. The van der Waals surface area contributed by atoms with Crippen molar-refractivity contribution in [1.82, 2.24) is 19.6 Å². The molecule has 2 aromatic heterocycles. The Balaban J connectivity index is 2.18. The number of anilines is 1. The van der Waals surface area contributed by atoms with Gasteiger partial charge in [-0.2, -0.15) is 14.6 Å². The molecular formula is C10H13N5. The SMILES string of the molecule is Cc1cc(N(C)C2CC2)n2ncnc2n1. The van der Waals surface area contributed by atoms with E-state index in [1.807, 2.05) is 6.92 Å². The van der Waals surface area contributed by atoms with Crippen LogP contribution in [0.2, 0.25) is 0 Å². The number of hydrogen-bond donors (Lipinski definition) is 0. The van der Waals surface area contributed by atoms with Crippen molar-refractivity contribution in [2.45, 2.75) is 25.8 Å². The van der Waals surface area contributed by atoms with Gasteiger partial charge in [-0.1, -0.05) is 0 Å². The van der Waals surface area contributed by atoms with Crippen molar-refractivity contribution in [2.75, 3.05) is 11.9 Å². The van der Waals surface area contributed by atoms with Gasteiger partial charge in [0.05, 0.1) is 0 Å². The van der Waals surface area contributed by atoms with Gasteiger partial charge in [-0.15, -0.1) is 0 Å². The van der Waals surface area contributed by atoms with E-state index in [4.69, 9.17) is 0 Å². The lowest BCUT2D eigenvalue weighted by Crippen LogP contribution is -2.22. The van der Waals surface area contributed by atoms with Crippen LogP contribution in [-0.2, 0) is 0 Å². The molecule has 1 aliphatic carbocycles. The second-order valence-electron chi connectivity index (χ2n) is 4.07. The second-order valence-corrected chi connectivity index (χ2v) is 4.07. The molecule has 0 bridgehead atoms. The largest absolute Gasteiger partial charge is 0.356 e. The molecule has 1 saturated carbocycles. The predicted octanol–water partition coefficient (Wildman–Crippen LogP) is 1.03. The first-order valence-corrected chi connectivity index (χ1v) is 5.16. The van der Waals surface area contributed by atoms with Crippen molar-refractivity contribution in [3.05, 3.63) is 18.1 Å². The molecule has 0 atom stereocenters. The number of aromatic nitrogens is 4. The highest BCUT2D eigenvalue weighted by Crippen LogP contribution is 2.29. The highest BCUT2D eigenvalue weighted by Gasteiger charge is 2.28. The van der Waals surface area contributed by atoms with Gasteiger partial charge in [-0.3, -0.25) is 0 Å². The zero-order valence-corrected chi connectivity index (χ0v) is 8.88. The van der Waals surface area contributed by atoms with Crippen LogP contribution in [0, 0.1) is 6.92 Å². The molecule has 5 heteroatoms. The summed E-state index contributed by atoms with van der Waals surface area (Å²) in [5.74, 6) is 1.76. The Morgan fingerprint density at radius 3 is 3.00 bits per heavy atom. The Morgan fingerprint density at radius 2 is 2.27 bits per heavy atom. The average molecular weight is 203 g/mol. The lowest BCUT2D eigenvalue weighted by Gasteiger charge is -2.19. The van der Waals surface area contributed by atoms with Gasteiger partial charge in [0.1, 0.15) is 12.1 Å². The van der Waals surface area contributed by atoms with Crippen LogP contribution in [0.1, 0.15) is 18.5 Å². The third-order valence-corrected chi connectivity index (χ3v) is 2.82. The minimum atomic E-state index is 0.666. The fraction of sp³-hybridized carbons (Fsp3) is 0.500. The summed E-state index contributed by atoms with van der Waals surface area (Å²) in [5.41, 5.74) is 0.984. The first-order valence-electron chi connectivity index (χ1n) is 5.16. The molecule has 2 heterocycles. The van der Waals surface area contributed by atoms with Crippen molar-refractivity contribution >= 4 is 11.6 Å². The fourth-order valence-electron chi connectivity index (χ4n) is 1.81. The molecule has 0 N–H and O–H groups in total. The second kappa shape index (κ2) is 2.92. The summed E-state index contributed by atoms with van der Waals surface area (Å²) < 4.78 is 1.80. The van der Waals surface area contributed by atoms with Gasteiger partial charge in [-0.25, -0.2) is 4.98 Å². The predicted molar refractivity (Wildman–Crippen MR) is 56.9 cm³/mol. The summed E-state index contributed by atoms with van der Waals surface area (Å²) in [6, 6.07) is 2.72. The Hall–Kier alpha value is -1.65. The standard InChI is InChI=1S/C10H13N5/c1-7-5-9(14(2)8-3-4-8)15-10(13-7)11-6-12-15/h5-6,8H,3-4H2,1-2H3. The number of fused-ring (bicyclic) bond motifs is 1. The summed E-state index contributed by atoms with van der Waals surface area (Å²) in [5, 5.41) is 4.19. The van der Waals surface area contributed by atoms with E-state index in [0.717, 1.165) is 11.5 Å². The van der Waals surface area contributed by atoms with Crippen molar-refractivity contribution in [2.24, 2.45) is 0 Å². The van der Waals surface area contributed by atoms with Crippen LogP contribution >= 0.6 is 0 Å². The normalized spacial score (nSPS) is 15.9. The molecular weight excluding hydrogens is 190 g/mol. The average Bonchev–Trinajstić information content (AvgIpc) is 2.96. The van der Waals surface area contributed by atoms with Gasteiger partial charge in [-0.05, 0) is 19.8 Å². The molecule has 5 nitrogen and oxygen atoms in total. The summed E-state index contributed by atoms with van der Waals surface area (Å²) in [7, 11) is 2.10. The molecule has 15 heavy (non-hydrogen) atoms. The smallest absolute Gasteiger partial charge is 0.254 e. The van der Waals surface area contributed by atoms with Gasteiger partial charge in [0.2, 0.25) is 0 Å². The maximum Gasteiger partial charge on any atom is 0.254 e. The number of aryl methyl sites for hydroxylation is 1. The molecule has 0 amide bonds. The van der Waals surface area contributed by atoms with Gasteiger partial charge >= 0.3 is 0 Å². The van der Waals surface area contributed by atoms with E-state index in [1.54, 1.807) is 10.8 Å². The van der Waals surface area contributed by atoms with Crippen LogP contribution in [0.4, 0.5) is 5.82 Å². The maximum atomic E-state index is 4.32. The molecule has 0 saturated heterocycles. The van der Waals surface area contributed by atoms with Gasteiger partial charge < -0.3 is 4.90 Å². The van der Waals surface area contributed by atoms with E-state index in [9.17, 15) is 0 Å². The van der Waals surface area contributed by atoms with E-state index < -0.39 is 0 Å². The molecule has 2 aromatic rings. The first-order chi connectivity index (χ1) is 7.25. The highest BCUT2D eigenvalue weighted by molar-refractivity contribution is 5.48. The van der Waals surface area contributed by atoms with Crippen molar-refractivity contribution in [1.29, 1.82) is 0 Å². The van der Waals surface area contributed by atoms with Crippen LogP contribution in [0.5, 0.6) is 0 Å². The van der Waals surface area contributed by atoms with E-state index in [1.165, 1.54) is 12.8 Å². The van der Waals surface area contributed by atoms with Gasteiger partial charge in [0.15, 0.2) is 0 Å². The summed E-state index contributed by atoms with van der Waals surface area (Å²) in [4.78, 5) is 10.7. The lowest BCUT2D eigenvalue weighted by atomic mass is 10.4. The van der Waals surface area contributed by atoms with E-state index >= 15 is 0 Å². The Morgan fingerprint density at radius 1 is 1.47 bits per heavy atom. The minimum absolute atomic E-state index is 0.666.